The van der Waals surface area contributed by atoms with Crippen molar-refractivity contribution in [2.75, 3.05) is 32.7 Å². The Morgan fingerprint density at radius 3 is 2.43 bits per heavy atom. The van der Waals surface area contributed by atoms with E-state index in [1.807, 2.05) is 28.0 Å². The minimum absolute atomic E-state index is 0.0124. The zero-order valence-electron chi connectivity index (χ0n) is 13.5. The lowest BCUT2D eigenvalue weighted by molar-refractivity contribution is -0.132. The van der Waals surface area contributed by atoms with E-state index in [-0.39, 0.29) is 17.9 Å². The Hall–Kier alpha value is -2.04. The van der Waals surface area contributed by atoms with Gasteiger partial charge in [0.05, 0.1) is 0 Å². The highest BCUT2D eigenvalue weighted by Crippen LogP contribution is 2.31. The Balaban J connectivity index is 1.41. The van der Waals surface area contributed by atoms with Crippen LogP contribution in [0.1, 0.15) is 24.8 Å². The first kappa shape index (κ1) is 15.8. The van der Waals surface area contributed by atoms with Crippen molar-refractivity contribution in [1.82, 2.24) is 15.1 Å². The Kier molecular flexibility index (Phi) is 5.16. The zero-order chi connectivity index (χ0) is 16.1. The molecule has 1 saturated carbocycles. The maximum Gasteiger partial charge on any atom is 0.317 e. The second-order valence-corrected chi connectivity index (χ2v) is 6.41. The molecule has 5 heteroatoms. The third-order valence-electron chi connectivity index (χ3n) is 4.55. The molecule has 1 N–H and O–H groups in total. The van der Waals surface area contributed by atoms with Gasteiger partial charge in [-0.15, -0.1) is 0 Å². The highest BCUT2D eigenvalue weighted by Gasteiger charge is 2.34. The molecule has 0 aromatic heterocycles. The van der Waals surface area contributed by atoms with Crippen LogP contribution in [0, 0.1) is 5.92 Å². The summed E-state index contributed by atoms with van der Waals surface area (Å²) in [5.41, 5.74) is 1.23. The van der Waals surface area contributed by atoms with Crippen molar-refractivity contribution in [2.24, 2.45) is 5.92 Å². The maximum absolute atomic E-state index is 12.3. The Morgan fingerprint density at radius 2 is 1.70 bits per heavy atom. The van der Waals surface area contributed by atoms with Crippen LogP contribution in [0.2, 0.25) is 0 Å². The number of carbonyl (C=O) groups is 2. The van der Waals surface area contributed by atoms with Gasteiger partial charge < -0.3 is 15.1 Å². The van der Waals surface area contributed by atoms with Crippen LogP contribution in [0.15, 0.2) is 30.3 Å². The fourth-order valence-electron chi connectivity index (χ4n) is 3.00. The molecule has 3 amide bonds. The van der Waals surface area contributed by atoms with E-state index < -0.39 is 0 Å². The standard InChI is InChI=1S/C18H25N3O2/c22-17(16-7-8-16)20-11-4-12-21(14-13-20)18(23)19-10-9-15-5-2-1-3-6-15/h1-3,5-6,16H,4,7-14H2,(H,19,23). The number of benzene rings is 1. The SMILES string of the molecule is O=C(NCCc1ccccc1)N1CCCN(C(=O)C2CC2)CC1. The first-order valence-corrected chi connectivity index (χ1v) is 8.59. The van der Waals surface area contributed by atoms with Gasteiger partial charge in [-0.1, -0.05) is 30.3 Å². The van der Waals surface area contributed by atoms with Gasteiger partial charge in [0, 0.05) is 38.6 Å². The smallest absolute Gasteiger partial charge is 0.317 e. The Labute approximate surface area is 137 Å². The lowest BCUT2D eigenvalue weighted by Crippen LogP contribution is -2.43. The van der Waals surface area contributed by atoms with E-state index in [4.69, 9.17) is 0 Å². The van der Waals surface area contributed by atoms with Crippen molar-refractivity contribution in [2.45, 2.75) is 25.7 Å². The summed E-state index contributed by atoms with van der Waals surface area (Å²) in [6.07, 6.45) is 3.79. The molecule has 2 aliphatic rings. The molecule has 23 heavy (non-hydrogen) atoms. The highest BCUT2D eigenvalue weighted by atomic mass is 16.2. The van der Waals surface area contributed by atoms with Crippen LogP contribution in [0.3, 0.4) is 0 Å². The summed E-state index contributed by atoms with van der Waals surface area (Å²) in [6, 6.07) is 10.1. The van der Waals surface area contributed by atoms with Crippen LogP contribution < -0.4 is 5.32 Å². The van der Waals surface area contributed by atoms with E-state index in [9.17, 15) is 9.59 Å². The van der Waals surface area contributed by atoms with Crippen LogP contribution >= 0.6 is 0 Å². The fraction of sp³-hybridized carbons (Fsp3) is 0.556. The van der Waals surface area contributed by atoms with Gasteiger partial charge in [-0.25, -0.2) is 4.79 Å². The molecule has 5 nitrogen and oxygen atoms in total. The molecule has 1 aliphatic carbocycles. The molecule has 0 spiro atoms. The van der Waals surface area contributed by atoms with Gasteiger partial charge in [-0.2, -0.15) is 0 Å². The van der Waals surface area contributed by atoms with E-state index in [1.165, 1.54) is 5.56 Å². The maximum atomic E-state index is 12.3. The number of amides is 3. The lowest BCUT2D eigenvalue weighted by Gasteiger charge is -2.22. The molecular formula is C18H25N3O2. The normalized spacial score (nSPS) is 18.4. The summed E-state index contributed by atoms with van der Waals surface area (Å²) in [4.78, 5) is 28.2. The number of nitrogens with one attached hydrogen (secondary N) is 1. The van der Waals surface area contributed by atoms with Gasteiger partial charge in [0.1, 0.15) is 0 Å². The summed E-state index contributed by atoms with van der Waals surface area (Å²) in [5, 5.41) is 2.99. The molecule has 1 heterocycles. The number of rotatable bonds is 4. The monoisotopic (exact) mass is 315 g/mol. The molecule has 124 valence electrons. The first-order chi connectivity index (χ1) is 11.2. The van der Waals surface area contributed by atoms with E-state index in [1.54, 1.807) is 0 Å². The average Bonchev–Trinajstić information content (AvgIpc) is 3.41. The third kappa shape index (κ3) is 4.47. The summed E-state index contributed by atoms with van der Waals surface area (Å²) in [6.45, 7) is 3.45. The van der Waals surface area contributed by atoms with Gasteiger partial charge in [0.15, 0.2) is 0 Å². The molecule has 2 fully saturated rings. The minimum atomic E-state index is -0.0124. The van der Waals surface area contributed by atoms with Gasteiger partial charge in [0.25, 0.3) is 0 Å². The molecule has 1 saturated heterocycles. The second kappa shape index (κ2) is 7.49. The molecule has 1 aromatic rings. The lowest BCUT2D eigenvalue weighted by atomic mass is 10.1. The Bertz CT molecular complexity index is 542. The van der Waals surface area contributed by atoms with Gasteiger partial charge in [-0.05, 0) is 31.2 Å². The molecule has 1 aliphatic heterocycles. The topological polar surface area (TPSA) is 52.7 Å². The molecule has 1 aromatic carbocycles. The van der Waals surface area contributed by atoms with Crippen LogP contribution in [-0.2, 0) is 11.2 Å². The zero-order valence-corrected chi connectivity index (χ0v) is 13.5. The van der Waals surface area contributed by atoms with Crippen LogP contribution in [0.25, 0.3) is 0 Å². The van der Waals surface area contributed by atoms with Crippen molar-refractivity contribution < 1.29 is 9.59 Å². The molecule has 3 rings (SSSR count). The summed E-state index contributed by atoms with van der Waals surface area (Å²) in [5.74, 6) is 0.553. The average molecular weight is 315 g/mol. The van der Waals surface area contributed by atoms with Gasteiger partial charge in [0.2, 0.25) is 5.91 Å². The minimum Gasteiger partial charge on any atom is -0.341 e. The summed E-state index contributed by atoms with van der Waals surface area (Å²) < 4.78 is 0. The van der Waals surface area contributed by atoms with E-state index in [2.05, 4.69) is 17.4 Å². The summed E-state index contributed by atoms with van der Waals surface area (Å²) in [7, 11) is 0. The van der Waals surface area contributed by atoms with E-state index in [0.717, 1.165) is 38.8 Å². The van der Waals surface area contributed by atoms with Crippen molar-refractivity contribution in [1.29, 1.82) is 0 Å². The van der Waals surface area contributed by atoms with Crippen LogP contribution in [-0.4, -0.2) is 54.5 Å². The van der Waals surface area contributed by atoms with Gasteiger partial charge >= 0.3 is 6.03 Å². The second-order valence-electron chi connectivity index (χ2n) is 6.41. The highest BCUT2D eigenvalue weighted by molar-refractivity contribution is 5.81. The third-order valence-corrected chi connectivity index (χ3v) is 4.55. The van der Waals surface area contributed by atoms with Crippen molar-refractivity contribution in [3.05, 3.63) is 35.9 Å². The quantitative estimate of drug-likeness (QED) is 0.922. The number of nitrogens with zero attached hydrogens (tertiary/aromatic N) is 2. The van der Waals surface area contributed by atoms with Crippen LogP contribution in [0.4, 0.5) is 4.79 Å². The predicted molar refractivity (Wildman–Crippen MR) is 89.0 cm³/mol. The van der Waals surface area contributed by atoms with Crippen LogP contribution in [0.5, 0.6) is 0 Å². The molecular weight excluding hydrogens is 290 g/mol. The van der Waals surface area contributed by atoms with Crippen molar-refractivity contribution >= 4 is 11.9 Å². The molecule has 0 radical (unpaired) electrons. The fourth-order valence-corrected chi connectivity index (χ4v) is 3.00. The molecule has 0 atom stereocenters. The number of urea groups is 1. The molecule has 0 unspecified atom stereocenters. The largest absolute Gasteiger partial charge is 0.341 e. The number of hydrogen-bond donors (Lipinski definition) is 1. The van der Waals surface area contributed by atoms with Gasteiger partial charge in [-0.3, -0.25) is 4.79 Å². The number of hydrogen-bond acceptors (Lipinski definition) is 2. The van der Waals surface area contributed by atoms with E-state index in [0.29, 0.717) is 19.6 Å². The van der Waals surface area contributed by atoms with Crippen molar-refractivity contribution in [3.63, 3.8) is 0 Å². The first-order valence-electron chi connectivity index (χ1n) is 8.59. The molecule has 0 bridgehead atoms. The number of carbonyl (C=O) groups excluding carboxylic acids is 2. The predicted octanol–water partition coefficient (Wildman–Crippen LogP) is 1.88. The Morgan fingerprint density at radius 1 is 1.00 bits per heavy atom. The summed E-state index contributed by atoms with van der Waals surface area (Å²) >= 11 is 0. The van der Waals surface area contributed by atoms with E-state index >= 15 is 0 Å². The van der Waals surface area contributed by atoms with Crippen molar-refractivity contribution in [3.8, 4) is 0 Å².